The number of rotatable bonds is 8. The van der Waals surface area contributed by atoms with Crippen molar-refractivity contribution < 1.29 is 14.3 Å². The number of ether oxygens (including phenoxy) is 1. The molecule has 6 heteroatoms. The molecule has 0 radical (unpaired) electrons. The van der Waals surface area contributed by atoms with Gasteiger partial charge in [-0.15, -0.1) is 11.8 Å². The van der Waals surface area contributed by atoms with E-state index in [-0.39, 0.29) is 25.0 Å². The molecule has 0 aromatic heterocycles. The normalized spacial score (nSPS) is 10.1. The zero-order valence-electron chi connectivity index (χ0n) is 17.0. The lowest BCUT2D eigenvalue weighted by Crippen LogP contribution is -2.25. The SMILES string of the molecule is CC(=O)Nc1cccc(OCC#CCNC(=O)Cc2ccc(SC(C)C)cc2)c1. The zero-order valence-corrected chi connectivity index (χ0v) is 17.8. The molecular formula is C23H26N2O3S. The molecule has 0 saturated carbocycles. The van der Waals surface area contributed by atoms with Crippen molar-refractivity contribution in [2.75, 3.05) is 18.5 Å². The number of carbonyl (C=O) groups excluding carboxylic acids is 2. The van der Waals surface area contributed by atoms with Crippen LogP contribution in [0.5, 0.6) is 5.75 Å². The Kier molecular flexibility index (Phi) is 9.13. The summed E-state index contributed by atoms with van der Waals surface area (Å²) in [5, 5.41) is 6.02. The van der Waals surface area contributed by atoms with Crippen molar-refractivity contribution in [2.24, 2.45) is 0 Å². The van der Waals surface area contributed by atoms with E-state index < -0.39 is 0 Å². The summed E-state index contributed by atoms with van der Waals surface area (Å²) in [6.07, 6.45) is 0.334. The van der Waals surface area contributed by atoms with Crippen LogP contribution in [0.15, 0.2) is 53.4 Å². The highest BCUT2D eigenvalue weighted by molar-refractivity contribution is 7.99. The first kappa shape index (κ1) is 22.4. The molecule has 2 aromatic carbocycles. The Balaban J connectivity index is 1.69. The molecule has 2 rings (SSSR count). The molecule has 0 aliphatic rings. The molecule has 152 valence electrons. The van der Waals surface area contributed by atoms with E-state index in [4.69, 9.17) is 4.74 Å². The Hall–Kier alpha value is -2.91. The molecule has 0 fully saturated rings. The summed E-state index contributed by atoms with van der Waals surface area (Å²) in [6.45, 7) is 6.24. The van der Waals surface area contributed by atoms with E-state index in [0.717, 1.165) is 5.56 Å². The van der Waals surface area contributed by atoms with Gasteiger partial charge in [0.15, 0.2) is 0 Å². The molecule has 29 heavy (non-hydrogen) atoms. The predicted molar refractivity (Wildman–Crippen MR) is 118 cm³/mol. The third-order valence-corrected chi connectivity index (χ3v) is 4.64. The highest BCUT2D eigenvalue weighted by atomic mass is 32.2. The molecule has 2 N–H and O–H groups in total. The molecule has 0 spiro atoms. The molecule has 5 nitrogen and oxygen atoms in total. The fraction of sp³-hybridized carbons (Fsp3) is 0.304. The molecule has 0 saturated heterocycles. The van der Waals surface area contributed by atoms with Crippen LogP contribution in [-0.2, 0) is 16.0 Å². The average Bonchev–Trinajstić information content (AvgIpc) is 2.65. The van der Waals surface area contributed by atoms with Gasteiger partial charge in [-0.25, -0.2) is 0 Å². The Labute approximate surface area is 176 Å². The number of hydrogen-bond acceptors (Lipinski definition) is 4. The van der Waals surface area contributed by atoms with Crippen LogP contribution in [0.4, 0.5) is 5.69 Å². The standard InChI is InChI=1S/C23H26N2O3S/c1-17(2)29-22-11-9-19(10-12-22)15-23(27)24-13-4-5-14-28-21-8-6-7-20(16-21)25-18(3)26/h6-12,16-17H,13-15H2,1-3H3,(H,24,27)(H,25,26). The van der Waals surface area contributed by atoms with Crippen LogP contribution in [-0.4, -0.2) is 30.2 Å². The first-order valence-corrected chi connectivity index (χ1v) is 10.3. The van der Waals surface area contributed by atoms with Crippen molar-refractivity contribution in [3.05, 3.63) is 54.1 Å². The van der Waals surface area contributed by atoms with Crippen LogP contribution >= 0.6 is 11.8 Å². The quantitative estimate of drug-likeness (QED) is 0.512. The molecule has 0 heterocycles. The third-order valence-electron chi connectivity index (χ3n) is 3.62. The van der Waals surface area contributed by atoms with E-state index in [1.54, 1.807) is 36.0 Å². The van der Waals surface area contributed by atoms with Gasteiger partial charge < -0.3 is 15.4 Å². The monoisotopic (exact) mass is 410 g/mol. The van der Waals surface area contributed by atoms with Crippen LogP contribution in [0.25, 0.3) is 0 Å². The predicted octanol–water partition coefficient (Wildman–Crippen LogP) is 3.89. The summed E-state index contributed by atoms with van der Waals surface area (Å²) in [6, 6.07) is 15.2. The molecular weight excluding hydrogens is 384 g/mol. The van der Waals surface area contributed by atoms with Crippen LogP contribution in [0, 0.1) is 11.8 Å². The zero-order chi connectivity index (χ0) is 21.1. The maximum Gasteiger partial charge on any atom is 0.225 e. The van der Waals surface area contributed by atoms with Crippen molar-refractivity contribution in [3.63, 3.8) is 0 Å². The maximum absolute atomic E-state index is 12.0. The Morgan fingerprint density at radius 1 is 1.10 bits per heavy atom. The third kappa shape index (κ3) is 9.22. The molecule has 2 aromatic rings. The van der Waals surface area contributed by atoms with Crippen LogP contribution < -0.4 is 15.4 Å². The summed E-state index contributed by atoms with van der Waals surface area (Å²) in [4.78, 5) is 24.3. The van der Waals surface area contributed by atoms with Crippen LogP contribution in [0.3, 0.4) is 0 Å². The van der Waals surface area contributed by atoms with Crippen molar-refractivity contribution in [3.8, 4) is 17.6 Å². The first-order chi connectivity index (χ1) is 13.9. The number of amides is 2. The van der Waals surface area contributed by atoms with E-state index in [9.17, 15) is 9.59 Å². The molecule has 2 amide bonds. The lowest BCUT2D eigenvalue weighted by atomic mass is 10.1. The second kappa shape index (κ2) is 11.8. The Morgan fingerprint density at radius 2 is 1.86 bits per heavy atom. The number of thioether (sulfide) groups is 1. The number of nitrogens with one attached hydrogen (secondary N) is 2. The minimum Gasteiger partial charge on any atom is -0.481 e. The van der Waals surface area contributed by atoms with Gasteiger partial charge in [0, 0.05) is 28.8 Å². The number of anilines is 1. The van der Waals surface area contributed by atoms with E-state index in [2.05, 4.69) is 36.3 Å². The molecule has 0 unspecified atom stereocenters. The van der Waals surface area contributed by atoms with Gasteiger partial charge in [-0.1, -0.05) is 43.9 Å². The molecule has 0 aliphatic carbocycles. The molecule has 0 bridgehead atoms. The summed E-state index contributed by atoms with van der Waals surface area (Å²) >= 11 is 1.80. The van der Waals surface area contributed by atoms with E-state index in [1.165, 1.54) is 11.8 Å². The van der Waals surface area contributed by atoms with Gasteiger partial charge in [0.25, 0.3) is 0 Å². The highest BCUT2D eigenvalue weighted by Crippen LogP contribution is 2.23. The summed E-state index contributed by atoms with van der Waals surface area (Å²) in [5.41, 5.74) is 1.65. The summed E-state index contributed by atoms with van der Waals surface area (Å²) in [7, 11) is 0. The highest BCUT2D eigenvalue weighted by Gasteiger charge is 2.03. The van der Waals surface area contributed by atoms with E-state index in [1.807, 2.05) is 24.3 Å². The van der Waals surface area contributed by atoms with Crippen molar-refractivity contribution in [1.82, 2.24) is 5.32 Å². The molecule has 0 aliphatic heterocycles. The maximum atomic E-state index is 12.0. The van der Waals surface area contributed by atoms with E-state index in [0.29, 0.717) is 23.1 Å². The van der Waals surface area contributed by atoms with Gasteiger partial charge in [-0.2, -0.15) is 0 Å². The Morgan fingerprint density at radius 3 is 2.55 bits per heavy atom. The van der Waals surface area contributed by atoms with E-state index >= 15 is 0 Å². The van der Waals surface area contributed by atoms with Gasteiger partial charge in [-0.05, 0) is 29.8 Å². The van der Waals surface area contributed by atoms with Gasteiger partial charge in [0.05, 0.1) is 13.0 Å². The first-order valence-electron chi connectivity index (χ1n) is 9.41. The second-order valence-corrected chi connectivity index (χ2v) is 8.27. The summed E-state index contributed by atoms with van der Waals surface area (Å²) in [5.74, 6) is 6.15. The van der Waals surface area contributed by atoms with Crippen molar-refractivity contribution in [1.29, 1.82) is 0 Å². The van der Waals surface area contributed by atoms with Gasteiger partial charge in [0.1, 0.15) is 12.4 Å². The Bertz CT molecular complexity index is 883. The smallest absolute Gasteiger partial charge is 0.225 e. The number of hydrogen-bond donors (Lipinski definition) is 2. The molecule has 0 atom stereocenters. The van der Waals surface area contributed by atoms with Gasteiger partial charge in [-0.3, -0.25) is 9.59 Å². The number of benzene rings is 2. The fourth-order valence-corrected chi connectivity index (χ4v) is 3.29. The average molecular weight is 411 g/mol. The van der Waals surface area contributed by atoms with Gasteiger partial charge in [0.2, 0.25) is 11.8 Å². The van der Waals surface area contributed by atoms with Crippen LogP contribution in [0.2, 0.25) is 0 Å². The van der Waals surface area contributed by atoms with Crippen molar-refractivity contribution >= 4 is 29.3 Å². The lowest BCUT2D eigenvalue weighted by molar-refractivity contribution is -0.120. The van der Waals surface area contributed by atoms with Crippen molar-refractivity contribution in [2.45, 2.75) is 37.3 Å². The van der Waals surface area contributed by atoms with Crippen LogP contribution in [0.1, 0.15) is 26.3 Å². The lowest BCUT2D eigenvalue weighted by Gasteiger charge is -2.06. The summed E-state index contributed by atoms with van der Waals surface area (Å²) < 4.78 is 5.53. The minimum atomic E-state index is -0.136. The largest absolute Gasteiger partial charge is 0.481 e. The minimum absolute atomic E-state index is 0.0625. The van der Waals surface area contributed by atoms with Gasteiger partial charge >= 0.3 is 0 Å². The fourth-order valence-electron chi connectivity index (χ4n) is 2.45. The second-order valence-electron chi connectivity index (χ2n) is 6.62. The topological polar surface area (TPSA) is 67.4 Å². The number of carbonyl (C=O) groups is 2.